The van der Waals surface area contributed by atoms with Crippen molar-refractivity contribution in [3.05, 3.63) is 90.6 Å². The fourth-order valence-corrected chi connectivity index (χ4v) is 3.88. The summed E-state index contributed by atoms with van der Waals surface area (Å²) in [6, 6.07) is 20.5. The molecule has 1 aliphatic rings. The Morgan fingerprint density at radius 2 is 1.79 bits per heavy atom. The van der Waals surface area contributed by atoms with E-state index in [0.717, 1.165) is 16.8 Å². The average Bonchev–Trinajstić information content (AvgIpc) is 3.48. The number of hydrogen-bond donors (Lipinski definition) is 1. The van der Waals surface area contributed by atoms with Crippen molar-refractivity contribution in [3.8, 4) is 11.4 Å². The van der Waals surface area contributed by atoms with E-state index >= 15 is 0 Å². The molecule has 8 heteroatoms. The molecule has 5 rings (SSSR count). The van der Waals surface area contributed by atoms with Crippen molar-refractivity contribution in [2.75, 3.05) is 16.8 Å². The van der Waals surface area contributed by atoms with Gasteiger partial charge in [-0.05, 0) is 35.9 Å². The summed E-state index contributed by atoms with van der Waals surface area (Å²) < 4.78 is 5.41. The molecule has 2 aromatic heterocycles. The quantitative estimate of drug-likeness (QED) is 0.491. The fourth-order valence-electron chi connectivity index (χ4n) is 3.88. The number of hydrogen-bond acceptors (Lipinski definition) is 6. The summed E-state index contributed by atoms with van der Waals surface area (Å²) in [7, 11) is 0. The van der Waals surface area contributed by atoms with E-state index in [2.05, 4.69) is 20.4 Å². The summed E-state index contributed by atoms with van der Waals surface area (Å²) in [6.45, 7) is 0.357. The Bertz CT molecular complexity index is 1270. The molecule has 3 heterocycles. The second-order valence-corrected chi connectivity index (χ2v) is 7.81. The lowest BCUT2D eigenvalue weighted by molar-refractivity contribution is -0.122. The van der Waals surface area contributed by atoms with E-state index in [1.165, 1.54) is 0 Å². The van der Waals surface area contributed by atoms with Gasteiger partial charge in [0.15, 0.2) is 0 Å². The summed E-state index contributed by atoms with van der Waals surface area (Å²) in [6.07, 6.45) is 3.89. The van der Waals surface area contributed by atoms with Gasteiger partial charge in [-0.1, -0.05) is 41.6 Å². The molecule has 0 radical (unpaired) electrons. The van der Waals surface area contributed by atoms with E-state index in [-0.39, 0.29) is 18.2 Å². The van der Waals surface area contributed by atoms with E-state index in [9.17, 15) is 9.59 Å². The molecular weight excluding hydrogens is 418 g/mol. The van der Waals surface area contributed by atoms with E-state index < -0.39 is 5.92 Å². The Kier molecular flexibility index (Phi) is 5.63. The average molecular weight is 439 g/mol. The Hall–Kier alpha value is -4.33. The normalized spacial score (nSPS) is 15.6. The maximum Gasteiger partial charge on any atom is 0.231 e. The fraction of sp³-hybridized carbons (Fsp3) is 0.160. The van der Waals surface area contributed by atoms with Gasteiger partial charge in [0.2, 0.25) is 23.5 Å². The summed E-state index contributed by atoms with van der Waals surface area (Å²) >= 11 is 0. The van der Waals surface area contributed by atoms with Crippen LogP contribution in [-0.2, 0) is 16.0 Å². The van der Waals surface area contributed by atoms with Crippen LogP contribution in [0, 0.1) is 5.92 Å². The first kappa shape index (κ1) is 20.6. The molecule has 2 amide bonds. The van der Waals surface area contributed by atoms with Crippen molar-refractivity contribution in [3.63, 3.8) is 0 Å². The van der Waals surface area contributed by atoms with Crippen LogP contribution >= 0.6 is 0 Å². The number of para-hydroxylation sites is 2. The third-order valence-electron chi connectivity index (χ3n) is 5.59. The van der Waals surface area contributed by atoms with E-state index in [0.29, 0.717) is 30.4 Å². The largest absolute Gasteiger partial charge is 0.339 e. The number of nitrogens with one attached hydrogen (secondary N) is 1. The zero-order valence-corrected chi connectivity index (χ0v) is 17.7. The molecule has 0 bridgehead atoms. The Balaban J connectivity index is 1.28. The van der Waals surface area contributed by atoms with Gasteiger partial charge in [-0.25, -0.2) is 0 Å². The predicted octanol–water partition coefficient (Wildman–Crippen LogP) is 3.71. The van der Waals surface area contributed by atoms with Crippen LogP contribution in [0.1, 0.15) is 17.9 Å². The van der Waals surface area contributed by atoms with Crippen molar-refractivity contribution < 1.29 is 14.1 Å². The number of anilines is 2. The molecule has 1 N–H and O–H groups in total. The molecule has 0 aliphatic carbocycles. The number of aromatic nitrogens is 3. The van der Waals surface area contributed by atoms with Gasteiger partial charge in [0.1, 0.15) is 0 Å². The Labute approximate surface area is 190 Å². The smallest absolute Gasteiger partial charge is 0.231 e. The molecule has 1 fully saturated rings. The third kappa shape index (κ3) is 4.50. The third-order valence-corrected chi connectivity index (χ3v) is 5.59. The lowest BCUT2D eigenvalue weighted by Gasteiger charge is -2.17. The highest BCUT2D eigenvalue weighted by Crippen LogP contribution is 2.27. The monoisotopic (exact) mass is 439 g/mol. The summed E-state index contributed by atoms with van der Waals surface area (Å²) in [5, 5.41) is 7.03. The minimum atomic E-state index is -0.424. The van der Waals surface area contributed by atoms with Crippen LogP contribution in [0.25, 0.3) is 11.4 Å². The van der Waals surface area contributed by atoms with Crippen LogP contribution in [-0.4, -0.2) is 33.5 Å². The molecule has 1 atom stereocenters. The van der Waals surface area contributed by atoms with Gasteiger partial charge in [0.25, 0.3) is 0 Å². The van der Waals surface area contributed by atoms with Crippen molar-refractivity contribution in [2.24, 2.45) is 5.92 Å². The van der Waals surface area contributed by atoms with Crippen LogP contribution in [0.2, 0.25) is 0 Å². The van der Waals surface area contributed by atoms with Crippen LogP contribution in [0.4, 0.5) is 11.4 Å². The molecule has 0 saturated carbocycles. The number of nitrogens with zero attached hydrogens (tertiary/aromatic N) is 4. The minimum Gasteiger partial charge on any atom is -0.339 e. The standard InChI is InChI=1S/C25H21N5O3/c31-23-15-19(16-30(23)20-7-2-1-3-8-20)25(32)27-21-9-5-4-6-18(21)14-22-28-24(29-33-22)17-10-12-26-13-11-17/h1-13,19H,14-16H2,(H,27,32). The first-order valence-corrected chi connectivity index (χ1v) is 10.6. The number of rotatable bonds is 6. The highest BCUT2D eigenvalue weighted by atomic mass is 16.5. The number of carbonyl (C=O) groups is 2. The first-order chi connectivity index (χ1) is 16.2. The van der Waals surface area contributed by atoms with E-state index in [1.807, 2.05) is 66.7 Å². The van der Waals surface area contributed by atoms with Gasteiger partial charge >= 0.3 is 0 Å². The number of amides is 2. The van der Waals surface area contributed by atoms with Crippen molar-refractivity contribution in [2.45, 2.75) is 12.8 Å². The Morgan fingerprint density at radius 3 is 2.61 bits per heavy atom. The van der Waals surface area contributed by atoms with Gasteiger partial charge in [0.05, 0.1) is 12.3 Å². The second kappa shape index (κ2) is 9.04. The summed E-state index contributed by atoms with van der Waals surface area (Å²) in [5.74, 6) is 0.267. The van der Waals surface area contributed by atoms with Gasteiger partial charge in [-0.3, -0.25) is 14.6 Å². The Morgan fingerprint density at radius 1 is 1.03 bits per heavy atom. The summed E-state index contributed by atoms with van der Waals surface area (Å²) in [5.41, 5.74) is 3.13. The van der Waals surface area contributed by atoms with Gasteiger partial charge in [0, 0.05) is 42.3 Å². The topological polar surface area (TPSA) is 101 Å². The molecule has 33 heavy (non-hydrogen) atoms. The van der Waals surface area contributed by atoms with Crippen molar-refractivity contribution in [1.82, 2.24) is 15.1 Å². The first-order valence-electron chi connectivity index (χ1n) is 10.6. The van der Waals surface area contributed by atoms with Gasteiger partial charge in [-0.2, -0.15) is 4.98 Å². The highest BCUT2D eigenvalue weighted by Gasteiger charge is 2.35. The van der Waals surface area contributed by atoms with Crippen LogP contribution in [0.15, 0.2) is 83.6 Å². The minimum absolute atomic E-state index is 0.0517. The van der Waals surface area contributed by atoms with Crippen LogP contribution in [0.5, 0.6) is 0 Å². The molecule has 2 aromatic carbocycles. The number of carbonyl (C=O) groups excluding carboxylic acids is 2. The zero-order valence-electron chi connectivity index (χ0n) is 17.7. The van der Waals surface area contributed by atoms with Gasteiger partial charge < -0.3 is 14.7 Å². The van der Waals surface area contributed by atoms with Crippen molar-refractivity contribution in [1.29, 1.82) is 0 Å². The molecular formula is C25H21N5O3. The predicted molar refractivity (Wildman–Crippen MR) is 122 cm³/mol. The number of benzene rings is 2. The molecule has 1 aliphatic heterocycles. The summed E-state index contributed by atoms with van der Waals surface area (Å²) in [4.78, 5) is 35.6. The number of pyridine rings is 1. The van der Waals surface area contributed by atoms with Gasteiger partial charge in [-0.15, -0.1) is 0 Å². The van der Waals surface area contributed by atoms with E-state index in [1.54, 1.807) is 17.3 Å². The highest BCUT2D eigenvalue weighted by molar-refractivity contribution is 6.03. The zero-order chi connectivity index (χ0) is 22.6. The second-order valence-electron chi connectivity index (χ2n) is 7.81. The molecule has 0 spiro atoms. The van der Waals surface area contributed by atoms with Crippen LogP contribution < -0.4 is 10.2 Å². The SMILES string of the molecule is O=C(Nc1ccccc1Cc1nc(-c2ccncc2)no1)C1CC(=O)N(c2ccccc2)C1. The maximum absolute atomic E-state index is 13.0. The van der Waals surface area contributed by atoms with Crippen molar-refractivity contribution >= 4 is 23.2 Å². The lowest BCUT2D eigenvalue weighted by Crippen LogP contribution is -2.28. The molecule has 8 nitrogen and oxygen atoms in total. The lowest BCUT2D eigenvalue weighted by atomic mass is 10.1. The van der Waals surface area contributed by atoms with Crippen LogP contribution in [0.3, 0.4) is 0 Å². The molecule has 164 valence electrons. The molecule has 1 unspecified atom stereocenters. The molecule has 4 aromatic rings. The van der Waals surface area contributed by atoms with E-state index in [4.69, 9.17) is 4.52 Å². The maximum atomic E-state index is 13.0. The molecule has 1 saturated heterocycles.